The summed E-state index contributed by atoms with van der Waals surface area (Å²) in [4.78, 5) is 17.8. The van der Waals surface area contributed by atoms with Crippen molar-refractivity contribution in [3.05, 3.63) is 54.7 Å². The number of carbonyl (C=O) groups excluding carboxylic acids is 1. The van der Waals surface area contributed by atoms with E-state index >= 15 is 0 Å². The van der Waals surface area contributed by atoms with Crippen LogP contribution >= 0.6 is 0 Å². The smallest absolute Gasteiger partial charge is 0.249 e. The van der Waals surface area contributed by atoms with E-state index in [4.69, 9.17) is 0 Å². The second-order valence-corrected chi connectivity index (χ2v) is 6.39. The van der Waals surface area contributed by atoms with E-state index in [2.05, 4.69) is 62.0 Å². The summed E-state index contributed by atoms with van der Waals surface area (Å²) in [6.45, 7) is 7.70. The number of nitrogens with one attached hydrogen (secondary N) is 3. The van der Waals surface area contributed by atoms with Gasteiger partial charge in [-0.25, -0.2) is 0 Å². The first-order valence-electron chi connectivity index (χ1n) is 9.53. The highest BCUT2D eigenvalue weighted by atomic mass is 16.1. The van der Waals surface area contributed by atoms with Gasteiger partial charge in [0, 0.05) is 42.8 Å². The zero-order valence-electron chi connectivity index (χ0n) is 16.8. The lowest BCUT2D eigenvalue weighted by atomic mass is 10.2. The Morgan fingerprint density at radius 1 is 0.897 bits per heavy atom. The summed E-state index contributed by atoms with van der Waals surface area (Å²) in [6, 6.07) is 15.5. The lowest BCUT2D eigenvalue weighted by molar-refractivity contribution is -0.114. The van der Waals surface area contributed by atoms with Crippen LogP contribution in [0, 0.1) is 0 Å². The molecule has 0 aliphatic rings. The molecule has 3 aromatic rings. The summed E-state index contributed by atoms with van der Waals surface area (Å²) in [7, 11) is 0. The van der Waals surface area contributed by atoms with E-state index < -0.39 is 0 Å². The number of nitrogens with zero attached hydrogens (tertiary/aromatic N) is 4. The SMILES string of the molecule is CCN(CC)c1ccc(Nc2cnnc(Nc3ccc(NC(C)=O)cc3)n2)cc1. The molecule has 0 saturated heterocycles. The van der Waals surface area contributed by atoms with Crippen LogP contribution in [0.2, 0.25) is 0 Å². The maximum Gasteiger partial charge on any atom is 0.249 e. The minimum Gasteiger partial charge on any atom is -0.372 e. The first-order valence-corrected chi connectivity index (χ1v) is 9.53. The van der Waals surface area contributed by atoms with E-state index in [0.717, 1.165) is 30.2 Å². The van der Waals surface area contributed by atoms with Crippen LogP contribution in [0.4, 0.5) is 34.5 Å². The molecule has 0 aliphatic heterocycles. The van der Waals surface area contributed by atoms with Crippen LogP contribution in [0.25, 0.3) is 0 Å². The molecule has 8 heteroatoms. The summed E-state index contributed by atoms with van der Waals surface area (Å²) in [5.41, 5.74) is 3.63. The van der Waals surface area contributed by atoms with Crippen LogP contribution in [0.5, 0.6) is 0 Å². The molecule has 0 spiro atoms. The highest BCUT2D eigenvalue weighted by Crippen LogP contribution is 2.21. The van der Waals surface area contributed by atoms with Crippen LogP contribution in [0.1, 0.15) is 20.8 Å². The predicted octanol–water partition coefficient (Wildman–Crippen LogP) is 4.16. The molecule has 0 unspecified atom stereocenters. The molecular formula is C21H25N7O. The van der Waals surface area contributed by atoms with E-state index in [1.165, 1.54) is 12.6 Å². The van der Waals surface area contributed by atoms with Gasteiger partial charge in [0.15, 0.2) is 5.82 Å². The van der Waals surface area contributed by atoms with Crippen LogP contribution in [0.15, 0.2) is 54.7 Å². The molecule has 0 radical (unpaired) electrons. The van der Waals surface area contributed by atoms with Gasteiger partial charge in [-0.1, -0.05) is 0 Å². The maximum atomic E-state index is 11.1. The summed E-state index contributed by atoms with van der Waals surface area (Å²) in [6.07, 6.45) is 1.57. The van der Waals surface area contributed by atoms with E-state index in [0.29, 0.717) is 11.8 Å². The van der Waals surface area contributed by atoms with Gasteiger partial charge >= 0.3 is 0 Å². The summed E-state index contributed by atoms with van der Waals surface area (Å²) >= 11 is 0. The molecule has 1 amide bonds. The Bertz CT molecular complexity index is 938. The lowest BCUT2D eigenvalue weighted by Crippen LogP contribution is -2.21. The first-order chi connectivity index (χ1) is 14.1. The fourth-order valence-electron chi connectivity index (χ4n) is 2.88. The Balaban J connectivity index is 1.65. The molecule has 29 heavy (non-hydrogen) atoms. The van der Waals surface area contributed by atoms with Crippen LogP contribution in [-0.4, -0.2) is 34.2 Å². The number of carbonyl (C=O) groups is 1. The third kappa shape index (κ3) is 5.65. The van der Waals surface area contributed by atoms with Gasteiger partial charge in [-0.15, -0.1) is 5.10 Å². The Morgan fingerprint density at radius 3 is 2.10 bits per heavy atom. The van der Waals surface area contributed by atoms with E-state index in [1.54, 1.807) is 18.3 Å². The fourth-order valence-corrected chi connectivity index (χ4v) is 2.88. The average Bonchev–Trinajstić information content (AvgIpc) is 2.72. The van der Waals surface area contributed by atoms with Crippen molar-refractivity contribution in [3.8, 4) is 0 Å². The molecule has 0 bridgehead atoms. The number of hydrogen-bond acceptors (Lipinski definition) is 7. The van der Waals surface area contributed by atoms with Gasteiger partial charge in [-0.2, -0.15) is 10.1 Å². The van der Waals surface area contributed by atoms with Gasteiger partial charge in [0.05, 0.1) is 6.20 Å². The van der Waals surface area contributed by atoms with Gasteiger partial charge in [-0.3, -0.25) is 4.79 Å². The molecule has 1 aromatic heterocycles. The van der Waals surface area contributed by atoms with Crippen molar-refractivity contribution in [1.82, 2.24) is 15.2 Å². The van der Waals surface area contributed by atoms with Crippen molar-refractivity contribution in [3.63, 3.8) is 0 Å². The molecule has 150 valence electrons. The van der Waals surface area contributed by atoms with Gasteiger partial charge in [0.1, 0.15) is 0 Å². The third-order valence-electron chi connectivity index (χ3n) is 4.29. The number of hydrogen-bond donors (Lipinski definition) is 3. The van der Waals surface area contributed by atoms with Gasteiger partial charge in [-0.05, 0) is 62.4 Å². The van der Waals surface area contributed by atoms with E-state index in [-0.39, 0.29) is 5.91 Å². The van der Waals surface area contributed by atoms with Gasteiger partial charge in [0.2, 0.25) is 11.9 Å². The van der Waals surface area contributed by atoms with Gasteiger partial charge < -0.3 is 20.9 Å². The molecule has 3 rings (SSSR count). The summed E-state index contributed by atoms with van der Waals surface area (Å²) < 4.78 is 0. The molecule has 0 saturated carbocycles. The number of benzene rings is 2. The maximum absolute atomic E-state index is 11.1. The van der Waals surface area contributed by atoms with Crippen molar-refractivity contribution >= 4 is 40.4 Å². The van der Waals surface area contributed by atoms with Crippen molar-refractivity contribution in [2.24, 2.45) is 0 Å². The molecule has 8 nitrogen and oxygen atoms in total. The molecule has 0 aliphatic carbocycles. The predicted molar refractivity (Wildman–Crippen MR) is 117 cm³/mol. The molecule has 0 atom stereocenters. The third-order valence-corrected chi connectivity index (χ3v) is 4.29. The van der Waals surface area contributed by atoms with E-state index in [9.17, 15) is 4.79 Å². The molecule has 3 N–H and O–H groups in total. The zero-order valence-corrected chi connectivity index (χ0v) is 16.8. The average molecular weight is 391 g/mol. The Morgan fingerprint density at radius 2 is 1.48 bits per heavy atom. The number of anilines is 6. The van der Waals surface area contributed by atoms with Gasteiger partial charge in [0.25, 0.3) is 0 Å². The first kappa shape index (κ1) is 20.1. The molecule has 2 aromatic carbocycles. The Hall–Kier alpha value is -3.68. The van der Waals surface area contributed by atoms with Crippen LogP contribution < -0.4 is 20.9 Å². The second kappa shape index (κ2) is 9.50. The Kier molecular flexibility index (Phi) is 6.57. The quantitative estimate of drug-likeness (QED) is 0.530. The minimum absolute atomic E-state index is 0.109. The topological polar surface area (TPSA) is 95.1 Å². The summed E-state index contributed by atoms with van der Waals surface area (Å²) in [5, 5.41) is 17.1. The van der Waals surface area contributed by atoms with Crippen molar-refractivity contribution in [2.75, 3.05) is 33.9 Å². The highest BCUT2D eigenvalue weighted by Gasteiger charge is 2.05. The van der Waals surface area contributed by atoms with Crippen LogP contribution in [-0.2, 0) is 4.79 Å². The lowest BCUT2D eigenvalue weighted by Gasteiger charge is -2.21. The van der Waals surface area contributed by atoms with E-state index in [1.807, 2.05) is 24.3 Å². The number of amides is 1. The zero-order chi connectivity index (χ0) is 20.6. The van der Waals surface area contributed by atoms with Crippen molar-refractivity contribution in [2.45, 2.75) is 20.8 Å². The fraction of sp³-hybridized carbons (Fsp3) is 0.238. The molecule has 1 heterocycles. The van der Waals surface area contributed by atoms with Crippen LogP contribution in [0.3, 0.4) is 0 Å². The molecule has 0 fully saturated rings. The minimum atomic E-state index is -0.109. The van der Waals surface area contributed by atoms with Crippen molar-refractivity contribution < 1.29 is 4.79 Å². The highest BCUT2D eigenvalue weighted by molar-refractivity contribution is 5.88. The normalized spacial score (nSPS) is 10.3. The summed E-state index contributed by atoms with van der Waals surface area (Å²) in [5.74, 6) is 0.858. The number of aromatic nitrogens is 3. The second-order valence-electron chi connectivity index (χ2n) is 6.39. The number of rotatable bonds is 8. The largest absolute Gasteiger partial charge is 0.372 e. The van der Waals surface area contributed by atoms with Crippen molar-refractivity contribution in [1.29, 1.82) is 0 Å². The molecular weight excluding hydrogens is 366 g/mol. The monoisotopic (exact) mass is 391 g/mol. The Labute approximate surface area is 170 Å². The standard InChI is InChI=1S/C21H25N7O/c1-4-28(5-2)19-12-10-17(11-13-19)24-20-14-22-27-21(26-20)25-18-8-6-16(7-9-18)23-15(3)29/h6-14H,4-5H2,1-3H3,(H,23,29)(H2,24,25,26,27).